The Kier molecular flexibility index (Phi) is 6.72. The van der Waals surface area contributed by atoms with Crippen LogP contribution in [0.4, 0.5) is 0 Å². The predicted molar refractivity (Wildman–Crippen MR) is 126 cm³/mol. The Morgan fingerprint density at radius 3 is 2.47 bits per heavy atom. The van der Waals surface area contributed by atoms with Crippen LogP contribution in [0.15, 0.2) is 90.0 Å². The molecule has 1 amide bonds. The van der Waals surface area contributed by atoms with E-state index in [2.05, 4.69) is 27.6 Å². The number of amides is 1. The van der Waals surface area contributed by atoms with Crippen molar-refractivity contribution >= 4 is 12.1 Å². The van der Waals surface area contributed by atoms with Gasteiger partial charge in [-0.2, -0.15) is 10.2 Å². The van der Waals surface area contributed by atoms with Gasteiger partial charge in [0.15, 0.2) is 0 Å². The molecule has 32 heavy (non-hydrogen) atoms. The molecule has 0 fully saturated rings. The average molecular weight is 425 g/mol. The summed E-state index contributed by atoms with van der Waals surface area (Å²) in [6.45, 7) is 2.62. The van der Waals surface area contributed by atoms with Crippen molar-refractivity contribution < 1.29 is 9.53 Å². The molecule has 0 atom stereocenters. The smallest absolute Gasteiger partial charge is 0.289 e. The number of rotatable bonds is 8. The Balaban J connectivity index is 1.33. The molecule has 160 valence electrons. The first-order chi connectivity index (χ1) is 15.7. The lowest BCUT2D eigenvalue weighted by Gasteiger charge is -2.06. The van der Waals surface area contributed by atoms with Crippen molar-refractivity contribution in [1.82, 2.24) is 15.6 Å². The van der Waals surface area contributed by atoms with Crippen molar-refractivity contribution in [2.45, 2.75) is 20.0 Å². The normalized spacial score (nSPS) is 10.9. The summed E-state index contributed by atoms with van der Waals surface area (Å²) in [6.07, 6.45) is 2.60. The maximum atomic E-state index is 12.3. The number of nitrogens with zero attached hydrogens (tertiary/aromatic N) is 2. The molecule has 0 aliphatic heterocycles. The quantitative estimate of drug-likeness (QED) is 0.309. The summed E-state index contributed by atoms with van der Waals surface area (Å²) in [4.78, 5) is 12.3. The third-order valence-electron chi connectivity index (χ3n) is 4.99. The van der Waals surface area contributed by atoms with Gasteiger partial charge in [-0.1, -0.05) is 61.5 Å². The molecule has 0 radical (unpaired) electrons. The Bertz CT molecular complexity index is 1180. The van der Waals surface area contributed by atoms with E-state index in [1.54, 1.807) is 12.3 Å². The van der Waals surface area contributed by atoms with Crippen LogP contribution in [0.5, 0.6) is 5.75 Å². The standard InChI is InChI=1S/C26H24N4O2/c1-2-19-8-10-20(11-9-19)17-27-30-26(31)25-16-24(28-29-25)22-12-14-23(15-13-22)32-18-21-6-4-3-5-7-21/h3-17H,2,18H2,1H3,(H,28,29)(H,30,31). The highest BCUT2D eigenvalue weighted by atomic mass is 16.5. The maximum Gasteiger partial charge on any atom is 0.289 e. The fraction of sp³-hybridized carbons (Fsp3) is 0.115. The van der Waals surface area contributed by atoms with Gasteiger partial charge in [0.2, 0.25) is 0 Å². The molecule has 0 saturated heterocycles. The molecule has 2 N–H and O–H groups in total. The molecule has 4 aromatic rings. The second-order valence-electron chi connectivity index (χ2n) is 7.26. The van der Waals surface area contributed by atoms with E-state index in [1.807, 2.05) is 78.9 Å². The number of benzene rings is 3. The number of aryl methyl sites for hydroxylation is 1. The zero-order chi connectivity index (χ0) is 22.2. The highest BCUT2D eigenvalue weighted by Gasteiger charge is 2.10. The molecule has 0 aliphatic carbocycles. The average Bonchev–Trinajstić information content (AvgIpc) is 3.35. The van der Waals surface area contributed by atoms with E-state index in [0.717, 1.165) is 28.9 Å². The number of carbonyl (C=O) groups excluding carboxylic acids is 1. The van der Waals surface area contributed by atoms with Crippen LogP contribution in [0.2, 0.25) is 0 Å². The Labute approximate surface area is 187 Å². The fourth-order valence-corrected chi connectivity index (χ4v) is 3.11. The number of aromatic amines is 1. The van der Waals surface area contributed by atoms with Gasteiger partial charge in [0.1, 0.15) is 18.1 Å². The summed E-state index contributed by atoms with van der Waals surface area (Å²) < 4.78 is 5.81. The van der Waals surface area contributed by atoms with E-state index in [-0.39, 0.29) is 5.91 Å². The lowest BCUT2D eigenvalue weighted by Crippen LogP contribution is -2.17. The zero-order valence-corrected chi connectivity index (χ0v) is 17.8. The number of hydrazone groups is 1. The van der Waals surface area contributed by atoms with Crippen LogP contribution >= 0.6 is 0 Å². The summed E-state index contributed by atoms with van der Waals surface area (Å²) >= 11 is 0. The maximum absolute atomic E-state index is 12.3. The molecule has 0 spiro atoms. The number of ether oxygens (including phenoxy) is 1. The third kappa shape index (κ3) is 5.49. The Morgan fingerprint density at radius 1 is 1.00 bits per heavy atom. The van der Waals surface area contributed by atoms with Gasteiger partial charge in [-0.05, 0) is 53.4 Å². The van der Waals surface area contributed by atoms with Crippen molar-refractivity contribution in [3.63, 3.8) is 0 Å². The molecular weight excluding hydrogens is 400 g/mol. The van der Waals surface area contributed by atoms with Gasteiger partial charge in [0, 0.05) is 5.56 Å². The largest absolute Gasteiger partial charge is 0.489 e. The molecule has 4 rings (SSSR count). The van der Waals surface area contributed by atoms with Gasteiger partial charge in [-0.3, -0.25) is 9.89 Å². The molecule has 3 aromatic carbocycles. The Morgan fingerprint density at radius 2 is 1.75 bits per heavy atom. The van der Waals surface area contributed by atoms with Gasteiger partial charge in [0.05, 0.1) is 11.9 Å². The highest BCUT2D eigenvalue weighted by Crippen LogP contribution is 2.22. The van der Waals surface area contributed by atoms with Gasteiger partial charge < -0.3 is 4.74 Å². The minimum Gasteiger partial charge on any atom is -0.489 e. The lowest BCUT2D eigenvalue weighted by atomic mass is 10.1. The molecule has 0 aliphatic rings. The summed E-state index contributed by atoms with van der Waals surface area (Å²) in [5.74, 6) is 0.417. The van der Waals surface area contributed by atoms with Crippen molar-refractivity contribution in [1.29, 1.82) is 0 Å². The van der Waals surface area contributed by atoms with Crippen LogP contribution in [-0.4, -0.2) is 22.3 Å². The number of nitrogens with one attached hydrogen (secondary N) is 2. The molecule has 1 aromatic heterocycles. The van der Waals surface area contributed by atoms with Crippen molar-refractivity contribution in [3.8, 4) is 17.0 Å². The first-order valence-corrected chi connectivity index (χ1v) is 10.5. The van der Waals surface area contributed by atoms with Crippen molar-refractivity contribution in [3.05, 3.63) is 107 Å². The molecular formula is C26H24N4O2. The third-order valence-corrected chi connectivity index (χ3v) is 4.99. The van der Waals surface area contributed by atoms with E-state index in [0.29, 0.717) is 18.0 Å². The van der Waals surface area contributed by atoms with Gasteiger partial charge in [-0.15, -0.1) is 0 Å². The number of hydrogen-bond donors (Lipinski definition) is 2. The van der Waals surface area contributed by atoms with E-state index in [4.69, 9.17) is 4.74 Å². The van der Waals surface area contributed by atoms with Crippen molar-refractivity contribution in [2.24, 2.45) is 5.10 Å². The van der Waals surface area contributed by atoms with Crippen LogP contribution in [0, 0.1) is 0 Å². The van der Waals surface area contributed by atoms with E-state index in [1.165, 1.54) is 5.56 Å². The van der Waals surface area contributed by atoms with Crippen LogP contribution in [0.3, 0.4) is 0 Å². The first kappa shape index (κ1) is 21.1. The SMILES string of the molecule is CCc1ccc(C=NNC(=O)c2cc(-c3ccc(OCc4ccccc4)cc3)n[nH]2)cc1. The minimum absolute atomic E-state index is 0.336. The summed E-state index contributed by atoms with van der Waals surface area (Å²) in [5.41, 5.74) is 7.70. The second kappa shape index (κ2) is 10.2. The molecule has 0 bridgehead atoms. The summed E-state index contributed by atoms with van der Waals surface area (Å²) in [7, 11) is 0. The fourth-order valence-electron chi connectivity index (χ4n) is 3.11. The molecule has 6 heteroatoms. The van der Waals surface area contributed by atoms with Crippen LogP contribution in [0.25, 0.3) is 11.3 Å². The number of carbonyl (C=O) groups is 1. The second-order valence-corrected chi connectivity index (χ2v) is 7.26. The van der Waals surface area contributed by atoms with Crippen LogP contribution in [-0.2, 0) is 13.0 Å². The molecule has 0 saturated carbocycles. The number of hydrogen-bond acceptors (Lipinski definition) is 4. The summed E-state index contributed by atoms with van der Waals surface area (Å²) in [5, 5.41) is 11.0. The van der Waals surface area contributed by atoms with Gasteiger partial charge in [0.25, 0.3) is 5.91 Å². The monoisotopic (exact) mass is 424 g/mol. The first-order valence-electron chi connectivity index (χ1n) is 10.5. The van der Waals surface area contributed by atoms with Crippen LogP contribution < -0.4 is 10.2 Å². The number of H-pyrrole nitrogens is 1. The minimum atomic E-state index is -0.354. The predicted octanol–water partition coefficient (Wildman–Crippen LogP) is 4.98. The van der Waals surface area contributed by atoms with E-state index in [9.17, 15) is 4.79 Å². The van der Waals surface area contributed by atoms with Crippen molar-refractivity contribution in [2.75, 3.05) is 0 Å². The molecule has 0 unspecified atom stereocenters. The van der Waals surface area contributed by atoms with Crippen LogP contribution in [0.1, 0.15) is 34.1 Å². The van der Waals surface area contributed by atoms with Gasteiger partial charge in [-0.25, -0.2) is 5.43 Å². The highest BCUT2D eigenvalue weighted by molar-refractivity contribution is 5.94. The summed E-state index contributed by atoms with van der Waals surface area (Å²) in [6, 6.07) is 27.3. The molecule has 1 heterocycles. The zero-order valence-electron chi connectivity index (χ0n) is 17.8. The number of aromatic nitrogens is 2. The van der Waals surface area contributed by atoms with E-state index >= 15 is 0 Å². The topological polar surface area (TPSA) is 79.4 Å². The lowest BCUT2D eigenvalue weighted by molar-refractivity contribution is 0.0950. The Hall–Kier alpha value is -4.19. The van der Waals surface area contributed by atoms with E-state index < -0.39 is 0 Å². The van der Waals surface area contributed by atoms with Gasteiger partial charge >= 0.3 is 0 Å². The molecule has 6 nitrogen and oxygen atoms in total.